The van der Waals surface area contributed by atoms with Gasteiger partial charge < -0.3 is 15.4 Å². The molecule has 7 heteroatoms. The number of hydrogen-bond acceptors (Lipinski definition) is 3. The van der Waals surface area contributed by atoms with Gasteiger partial charge >= 0.3 is 6.18 Å². The summed E-state index contributed by atoms with van der Waals surface area (Å²) in [5.41, 5.74) is 6.87. The molecule has 0 radical (unpaired) electrons. The molecule has 3 N–H and O–H groups in total. The average molecular weight is 289 g/mol. The summed E-state index contributed by atoms with van der Waals surface area (Å²) in [6.45, 7) is -0.605. The second kappa shape index (κ2) is 7.14. The maximum absolute atomic E-state index is 11.9. The maximum Gasteiger partial charge on any atom is 0.411 e. The highest BCUT2D eigenvalue weighted by atomic mass is 19.4. The molecular weight excluding hydrogens is 271 g/mol. The van der Waals surface area contributed by atoms with Gasteiger partial charge in [0.15, 0.2) is 0 Å². The van der Waals surface area contributed by atoms with Crippen molar-refractivity contribution < 1.29 is 17.9 Å². The Morgan fingerprint density at radius 3 is 2.70 bits per heavy atom. The Kier molecular flexibility index (Phi) is 5.82. The number of amidine groups is 1. The molecule has 1 aromatic rings. The molecule has 0 fully saturated rings. The van der Waals surface area contributed by atoms with Crippen LogP contribution in [0, 0.1) is 5.41 Å². The number of nitrogens with zero attached hydrogens (tertiary/aromatic N) is 1. The van der Waals surface area contributed by atoms with Gasteiger partial charge in [-0.15, -0.1) is 0 Å². The van der Waals surface area contributed by atoms with Crippen LogP contribution in [0.15, 0.2) is 24.3 Å². The van der Waals surface area contributed by atoms with Crippen molar-refractivity contribution in [2.75, 3.05) is 31.7 Å². The van der Waals surface area contributed by atoms with Crippen LogP contribution in [-0.4, -0.2) is 38.8 Å². The predicted octanol–water partition coefficient (Wildman–Crippen LogP) is 2.38. The molecule has 0 bridgehead atoms. The van der Waals surface area contributed by atoms with Crippen LogP contribution in [0.4, 0.5) is 18.9 Å². The van der Waals surface area contributed by atoms with Gasteiger partial charge in [0, 0.05) is 31.5 Å². The van der Waals surface area contributed by atoms with Crippen LogP contribution in [0.25, 0.3) is 0 Å². The van der Waals surface area contributed by atoms with Gasteiger partial charge in [-0.05, 0) is 18.6 Å². The zero-order valence-electron chi connectivity index (χ0n) is 11.2. The first-order valence-corrected chi connectivity index (χ1v) is 6.09. The van der Waals surface area contributed by atoms with Crippen molar-refractivity contribution in [3.05, 3.63) is 29.8 Å². The molecule has 0 aromatic heterocycles. The van der Waals surface area contributed by atoms with E-state index in [4.69, 9.17) is 11.1 Å². The lowest BCUT2D eigenvalue weighted by Gasteiger charge is -2.20. The number of benzene rings is 1. The highest BCUT2D eigenvalue weighted by Crippen LogP contribution is 2.16. The summed E-state index contributed by atoms with van der Waals surface area (Å²) in [6.07, 6.45) is -3.79. The Bertz CT molecular complexity index is 449. The Labute approximate surface area is 115 Å². The molecule has 0 aliphatic heterocycles. The Morgan fingerprint density at radius 1 is 1.40 bits per heavy atom. The number of hydrogen-bond donors (Lipinski definition) is 2. The number of halogens is 3. The van der Waals surface area contributed by atoms with Crippen molar-refractivity contribution in [2.24, 2.45) is 5.73 Å². The van der Waals surface area contributed by atoms with Gasteiger partial charge in [-0.2, -0.15) is 13.2 Å². The number of ether oxygens (including phenoxy) is 1. The second-order valence-electron chi connectivity index (χ2n) is 4.41. The SMILES string of the molecule is CN(CCCOCC(F)(F)F)c1cccc(C(=N)N)c1. The molecular formula is C13H18F3N3O. The molecule has 0 amide bonds. The molecule has 0 aliphatic carbocycles. The van der Waals surface area contributed by atoms with Crippen molar-refractivity contribution in [1.82, 2.24) is 0 Å². The van der Waals surface area contributed by atoms with Gasteiger partial charge in [-0.25, -0.2) is 0 Å². The smallest absolute Gasteiger partial charge is 0.384 e. The fourth-order valence-electron chi connectivity index (χ4n) is 1.63. The summed E-state index contributed by atoms with van der Waals surface area (Å²) < 4.78 is 40.1. The lowest BCUT2D eigenvalue weighted by Crippen LogP contribution is -2.22. The fourth-order valence-corrected chi connectivity index (χ4v) is 1.63. The zero-order valence-corrected chi connectivity index (χ0v) is 11.2. The molecule has 0 spiro atoms. The monoisotopic (exact) mass is 289 g/mol. The molecule has 1 aromatic carbocycles. The maximum atomic E-state index is 11.9. The number of rotatable bonds is 7. The topological polar surface area (TPSA) is 62.3 Å². The minimum Gasteiger partial charge on any atom is -0.384 e. The van der Waals surface area contributed by atoms with Crippen LogP contribution < -0.4 is 10.6 Å². The molecule has 1 rings (SSSR count). The summed E-state index contributed by atoms with van der Waals surface area (Å²) >= 11 is 0. The van der Waals surface area contributed by atoms with Crippen molar-refractivity contribution >= 4 is 11.5 Å². The largest absolute Gasteiger partial charge is 0.411 e. The predicted molar refractivity (Wildman–Crippen MR) is 72.2 cm³/mol. The van der Waals surface area contributed by atoms with Gasteiger partial charge in [0.05, 0.1) is 0 Å². The Morgan fingerprint density at radius 2 is 2.10 bits per heavy atom. The van der Waals surface area contributed by atoms with Gasteiger partial charge in [0.25, 0.3) is 0 Å². The minimum atomic E-state index is -4.28. The number of nitrogen functional groups attached to an aromatic ring is 1. The number of alkyl halides is 3. The fraction of sp³-hybridized carbons (Fsp3) is 0.462. The van der Waals surface area contributed by atoms with E-state index in [0.717, 1.165) is 5.69 Å². The zero-order chi connectivity index (χ0) is 15.2. The van der Waals surface area contributed by atoms with Crippen molar-refractivity contribution in [3.8, 4) is 0 Å². The summed E-state index contributed by atoms with van der Waals surface area (Å²) in [4.78, 5) is 1.88. The van der Waals surface area contributed by atoms with Crippen LogP contribution in [0.3, 0.4) is 0 Å². The molecule has 0 saturated heterocycles. The summed E-state index contributed by atoms with van der Waals surface area (Å²) in [5.74, 6) is -0.0197. The van der Waals surface area contributed by atoms with E-state index in [1.807, 2.05) is 18.0 Å². The lowest BCUT2D eigenvalue weighted by molar-refractivity contribution is -0.173. The third-order valence-electron chi connectivity index (χ3n) is 2.65. The van der Waals surface area contributed by atoms with Crippen LogP contribution in [0.5, 0.6) is 0 Å². The van der Waals surface area contributed by atoms with Gasteiger partial charge in [0.2, 0.25) is 0 Å². The first-order chi connectivity index (χ1) is 9.29. The highest BCUT2D eigenvalue weighted by molar-refractivity contribution is 5.95. The Hall–Kier alpha value is -1.76. The van der Waals surface area contributed by atoms with Crippen LogP contribution in [0.2, 0.25) is 0 Å². The summed E-state index contributed by atoms with van der Waals surface area (Å²) in [7, 11) is 1.82. The first-order valence-electron chi connectivity index (χ1n) is 6.09. The molecule has 0 unspecified atom stereocenters. The molecule has 20 heavy (non-hydrogen) atoms. The summed E-state index contributed by atoms with van der Waals surface area (Å²) in [6, 6.07) is 7.12. The van der Waals surface area contributed by atoms with E-state index in [1.165, 1.54) is 0 Å². The average Bonchev–Trinajstić information content (AvgIpc) is 2.37. The van der Waals surface area contributed by atoms with Crippen molar-refractivity contribution in [2.45, 2.75) is 12.6 Å². The van der Waals surface area contributed by atoms with Gasteiger partial charge in [-0.3, -0.25) is 5.41 Å². The number of anilines is 1. The van der Waals surface area contributed by atoms with Crippen LogP contribution in [0.1, 0.15) is 12.0 Å². The van der Waals surface area contributed by atoms with E-state index in [1.54, 1.807) is 18.2 Å². The van der Waals surface area contributed by atoms with E-state index >= 15 is 0 Å². The lowest BCUT2D eigenvalue weighted by atomic mass is 10.1. The van der Waals surface area contributed by atoms with E-state index in [9.17, 15) is 13.2 Å². The van der Waals surface area contributed by atoms with Gasteiger partial charge in [-0.1, -0.05) is 12.1 Å². The third-order valence-corrected chi connectivity index (χ3v) is 2.65. The molecule has 0 saturated carbocycles. The van der Waals surface area contributed by atoms with Gasteiger partial charge in [0.1, 0.15) is 12.4 Å². The number of nitrogens with one attached hydrogen (secondary N) is 1. The first kappa shape index (κ1) is 16.3. The molecule has 112 valence electrons. The normalized spacial score (nSPS) is 11.4. The number of nitrogens with two attached hydrogens (primary N) is 1. The quantitative estimate of drug-likeness (QED) is 0.460. The summed E-state index contributed by atoms with van der Waals surface area (Å²) in [5, 5.41) is 7.36. The Balaban J connectivity index is 2.37. The van der Waals surface area contributed by atoms with E-state index < -0.39 is 12.8 Å². The van der Waals surface area contributed by atoms with E-state index in [0.29, 0.717) is 18.5 Å². The second-order valence-corrected chi connectivity index (χ2v) is 4.41. The molecule has 4 nitrogen and oxygen atoms in total. The molecule has 0 aliphatic rings. The van der Waals surface area contributed by atoms with Crippen LogP contribution in [-0.2, 0) is 4.74 Å². The van der Waals surface area contributed by atoms with Crippen molar-refractivity contribution in [3.63, 3.8) is 0 Å². The van der Waals surface area contributed by atoms with E-state index in [-0.39, 0.29) is 12.4 Å². The standard InChI is InChI=1S/C13H18F3N3O/c1-19(6-3-7-20-9-13(14,15)16)11-5-2-4-10(8-11)12(17)18/h2,4-5,8H,3,6-7,9H2,1H3,(H3,17,18). The molecule has 0 atom stereocenters. The highest BCUT2D eigenvalue weighted by Gasteiger charge is 2.27. The van der Waals surface area contributed by atoms with Crippen LogP contribution >= 0.6 is 0 Å². The molecule has 0 heterocycles. The third kappa shape index (κ3) is 5.92. The van der Waals surface area contributed by atoms with Crippen molar-refractivity contribution in [1.29, 1.82) is 5.41 Å². The van der Waals surface area contributed by atoms with E-state index in [2.05, 4.69) is 4.74 Å². The minimum absolute atomic E-state index is 0.0197.